The molecule has 0 spiro atoms. The van der Waals surface area contributed by atoms with Crippen molar-refractivity contribution in [2.45, 2.75) is 32.8 Å². The number of nitrogens with two attached hydrogens (primary N) is 1. The van der Waals surface area contributed by atoms with Crippen LogP contribution in [-0.4, -0.2) is 31.2 Å². The second-order valence-electron chi connectivity index (χ2n) is 5.60. The van der Waals surface area contributed by atoms with Crippen molar-refractivity contribution >= 4 is 11.7 Å². The number of halogens is 1. The molecule has 1 aromatic rings. The molecule has 5 heteroatoms. The van der Waals surface area contributed by atoms with Crippen molar-refractivity contribution in [3.8, 4) is 0 Å². The van der Waals surface area contributed by atoms with Crippen molar-refractivity contribution in [2.75, 3.05) is 24.5 Å². The molecule has 0 bridgehead atoms. The minimum atomic E-state index is -0.550. The zero-order valence-electron chi connectivity index (χ0n) is 12.4. The van der Waals surface area contributed by atoms with Gasteiger partial charge >= 0.3 is 5.97 Å². The molecule has 20 heavy (non-hydrogen) atoms. The van der Waals surface area contributed by atoms with Gasteiger partial charge in [0.25, 0.3) is 0 Å². The molecule has 0 aliphatic heterocycles. The topological polar surface area (TPSA) is 55.6 Å². The van der Waals surface area contributed by atoms with Crippen LogP contribution in [0.25, 0.3) is 0 Å². The highest BCUT2D eigenvalue weighted by atomic mass is 19.1. The lowest BCUT2D eigenvalue weighted by atomic mass is 10.2. The van der Waals surface area contributed by atoms with Gasteiger partial charge in [0.15, 0.2) is 0 Å². The monoisotopic (exact) mass is 282 g/mol. The average Bonchev–Trinajstić information content (AvgIpc) is 2.33. The summed E-state index contributed by atoms with van der Waals surface area (Å²) >= 11 is 0. The van der Waals surface area contributed by atoms with E-state index in [4.69, 9.17) is 10.5 Å². The molecule has 4 nitrogen and oxygen atoms in total. The normalized spacial score (nSPS) is 11.2. The van der Waals surface area contributed by atoms with Gasteiger partial charge in [0, 0.05) is 6.54 Å². The fourth-order valence-electron chi connectivity index (χ4n) is 1.80. The predicted molar refractivity (Wildman–Crippen MR) is 78.1 cm³/mol. The maximum Gasteiger partial charge on any atom is 0.326 e. The highest BCUT2D eigenvalue weighted by molar-refractivity contribution is 5.76. The Labute approximate surface area is 119 Å². The summed E-state index contributed by atoms with van der Waals surface area (Å²) < 4.78 is 19.1. The third-order valence-electron chi connectivity index (χ3n) is 2.57. The fraction of sp³-hybridized carbons (Fsp3) is 0.533. The van der Waals surface area contributed by atoms with Crippen molar-refractivity contribution in [3.05, 3.63) is 30.1 Å². The zero-order chi connectivity index (χ0) is 15.2. The lowest BCUT2D eigenvalue weighted by molar-refractivity contribution is -0.153. The van der Waals surface area contributed by atoms with Gasteiger partial charge in [-0.25, -0.2) is 4.39 Å². The van der Waals surface area contributed by atoms with Crippen LogP contribution in [0.4, 0.5) is 10.1 Å². The minimum Gasteiger partial charge on any atom is -0.459 e. The Kier molecular flexibility index (Phi) is 5.95. The van der Waals surface area contributed by atoms with Gasteiger partial charge in [0.05, 0.1) is 5.69 Å². The Hall–Kier alpha value is -1.62. The van der Waals surface area contributed by atoms with E-state index in [2.05, 4.69) is 0 Å². The molecule has 0 aliphatic rings. The Balaban J connectivity index is 2.80. The van der Waals surface area contributed by atoms with E-state index in [9.17, 15) is 9.18 Å². The van der Waals surface area contributed by atoms with Crippen LogP contribution in [0.15, 0.2) is 24.3 Å². The van der Waals surface area contributed by atoms with E-state index in [-0.39, 0.29) is 18.3 Å². The van der Waals surface area contributed by atoms with Crippen LogP contribution in [0, 0.1) is 5.82 Å². The predicted octanol–water partition coefficient (Wildman–Crippen LogP) is 2.32. The van der Waals surface area contributed by atoms with Gasteiger partial charge in [-0.2, -0.15) is 0 Å². The van der Waals surface area contributed by atoms with Crippen LogP contribution >= 0.6 is 0 Å². The largest absolute Gasteiger partial charge is 0.459 e. The third kappa shape index (κ3) is 5.57. The summed E-state index contributed by atoms with van der Waals surface area (Å²) in [5.74, 6) is -0.731. The molecule has 0 fully saturated rings. The van der Waals surface area contributed by atoms with Crippen molar-refractivity contribution in [1.29, 1.82) is 0 Å². The molecule has 0 unspecified atom stereocenters. The number of nitrogens with zero attached hydrogens (tertiary/aromatic N) is 1. The van der Waals surface area contributed by atoms with Gasteiger partial charge in [-0.3, -0.25) is 4.79 Å². The second kappa shape index (κ2) is 7.24. The van der Waals surface area contributed by atoms with E-state index < -0.39 is 5.60 Å². The molecule has 0 heterocycles. The third-order valence-corrected chi connectivity index (χ3v) is 2.57. The first-order chi connectivity index (χ1) is 9.33. The van der Waals surface area contributed by atoms with Crippen molar-refractivity contribution in [1.82, 2.24) is 0 Å². The number of para-hydroxylation sites is 1. The van der Waals surface area contributed by atoms with Crippen molar-refractivity contribution < 1.29 is 13.9 Å². The average molecular weight is 282 g/mol. The number of ether oxygens (including phenoxy) is 1. The van der Waals surface area contributed by atoms with Gasteiger partial charge in [0.1, 0.15) is 18.0 Å². The summed E-state index contributed by atoms with van der Waals surface area (Å²) in [7, 11) is 0. The first kappa shape index (κ1) is 16.4. The number of carbonyl (C=O) groups excluding carboxylic acids is 1. The van der Waals surface area contributed by atoms with Gasteiger partial charge in [-0.15, -0.1) is 0 Å². The molecule has 0 saturated heterocycles. The number of esters is 1. The molecule has 0 aliphatic carbocycles. The molecule has 0 radical (unpaired) electrons. The lowest BCUT2D eigenvalue weighted by Crippen LogP contribution is -2.36. The summed E-state index contributed by atoms with van der Waals surface area (Å²) in [6.45, 7) is 6.42. The van der Waals surface area contributed by atoms with Crippen LogP contribution in [0.2, 0.25) is 0 Å². The summed E-state index contributed by atoms with van der Waals surface area (Å²) in [5, 5.41) is 0. The Morgan fingerprint density at radius 3 is 2.55 bits per heavy atom. The number of hydrogen-bond donors (Lipinski definition) is 1. The molecule has 0 atom stereocenters. The number of anilines is 1. The number of rotatable bonds is 6. The number of hydrogen-bond acceptors (Lipinski definition) is 4. The first-order valence-corrected chi connectivity index (χ1v) is 6.75. The van der Waals surface area contributed by atoms with E-state index in [1.54, 1.807) is 43.9 Å². The Morgan fingerprint density at radius 1 is 1.35 bits per heavy atom. The standard InChI is InChI=1S/C15H23FN2O2/c1-15(2,3)20-14(19)11-18(10-6-9-17)13-8-5-4-7-12(13)16/h4-5,7-8H,6,9-11,17H2,1-3H3. The van der Waals surface area contributed by atoms with Gasteiger partial charge in [-0.05, 0) is 45.9 Å². The molecule has 0 amide bonds. The quantitative estimate of drug-likeness (QED) is 0.814. The van der Waals surface area contributed by atoms with E-state index in [1.807, 2.05) is 0 Å². The van der Waals surface area contributed by atoms with E-state index in [0.717, 1.165) is 0 Å². The highest BCUT2D eigenvalue weighted by Crippen LogP contribution is 2.19. The number of carbonyl (C=O) groups is 1. The summed E-state index contributed by atoms with van der Waals surface area (Å²) in [5.41, 5.74) is 5.33. The van der Waals surface area contributed by atoms with Gasteiger partial charge < -0.3 is 15.4 Å². The van der Waals surface area contributed by atoms with Crippen LogP contribution in [0.1, 0.15) is 27.2 Å². The van der Waals surface area contributed by atoms with Crippen LogP contribution in [-0.2, 0) is 9.53 Å². The molecule has 1 rings (SSSR count). The summed E-state index contributed by atoms with van der Waals surface area (Å²) in [6, 6.07) is 6.38. The van der Waals surface area contributed by atoms with E-state index in [1.165, 1.54) is 6.07 Å². The van der Waals surface area contributed by atoms with Crippen molar-refractivity contribution in [3.63, 3.8) is 0 Å². The maximum absolute atomic E-state index is 13.8. The van der Waals surface area contributed by atoms with E-state index in [0.29, 0.717) is 25.2 Å². The van der Waals surface area contributed by atoms with Crippen LogP contribution in [0.3, 0.4) is 0 Å². The molecular formula is C15H23FN2O2. The van der Waals surface area contributed by atoms with Crippen molar-refractivity contribution in [2.24, 2.45) is 5.73 Å². The molecule has 112 valence electrons. The SMILES string of the molecule is CC(C)(C)OC(=O)CN(CCCN)c1ccccc1F. The Morgan fingerprint density at radius 2 is 2.00 bits per heavy atom. The minimum absolute atomic E-state index is 0.0121. The Bertz CT molecular complexity index is 444. The number of benzene rings is 1. The zero-order valence-corrected chi connectivity index (χ0v) is 12.4. The summed E-state index contributed by atoms with van der Waals surface area (Å²) in [4.78, 5) is 13.6. The molecular weight excluding hydrogens is 259 g/mol. The molecule has 0 saturated carbocycles. The second-order valence-corrected chi connectivity index (χ2v) is 5.60. The maximum atomic E-state index is 13.8. The smallest absolute Gasteiger partial charge is 0.326 e. The fourth-order valence-corrected chi connectivity index (χ4v) is 1.80. The van der Waals surface area contributed by atoms with Gasteiger partial charge in [0.2, 0.25) is 0 Å². The highest BCUT2D eigenvalue weighted by Gasteiger charge is 2.20. The molecule has 1 aromatic carbocycles. The summed E-state index contributed by atoms with van der Waals surface area (Å²) in [6.07, 6.45) is 0.678. The van der Waals surface area contributed by atoms with Crippen LogP contribution in [0.5, 0.6) is 0 Å². The molecule has 0 aromatic heterocycles. The molecule has 2 N–H and O–H groups in total. The lowest BCUT2D eigenvalue weighted by Gasteiger charge is -2.26. The first-order valence-electron chi connectivity index (χ1n) is 6.75. The van der Waals surface area contributed by atoms with Gasteiger partial charge in [-0.1, -0.05) is 12.1 Å². The van der Waals surface area contributed by atoms with E-state index >= 15 is 0 Å². The van der Waals surface area contributed by atoms with Crippen LogP contribution < -0.4 is 10.6 Å².